The van der Waals surface area contributed by atoms with E-state index >= 15 is 0 Å². The van der Waals surface area contributed by atoms with E-state index in [4.69, 9.17) is 14.2 Å². The number of hydrogen-bond acceptors (Lipinski definition) is 4. The Morgan fingerprint density at radius 1 is 1.39 bits per heavy atom. The fourth-order valence-electron chi connectivity index (χ4n) is 2.76. The molecule has 2 aliphatic rings. The lowest BCUT2D eigenvalue weighted by Crippen LogP contribution is -2.44. The van der Waals surface area contributed by atoms with Crippen LogP contribution in [0.1, 0.15) is 19.8 Å². The average molecular weight is 327 g/mol. The zero-order valence-corrected chi connectivity index (χ0v) is 12.9. The number of anilines is 1. The van der Waals surface area contributed by atoms with E-state index in [1.165, 1.54) is 4.90 Å². The second-order valence-corrected chi connectivity index (χ2v) is 5.68. The summed E-state index contributed by atoms with van der Waals surface area (Å²) in [4.78, 5) is 13.9. The van der Waals surface area contributed by atoms with Crippen LogP contribution in [0.4, 0.5) is 14.5 Å². The van der Waals surface area contributed by atoms with Crippen molar-refractivity contribution in [2.45, 2.75) is 32.0 Å². The molecule has 0 aliphatic carbocycles. The number of benzene rings is 1. The molecule has 126 valence electrons. The van der Waals surface area contributed by atoms with Crippen LogP contribution in [-0.4, -0.2) is 44.5 Å². The van der Waals surface area contributed by atoms with E-state index in [0.717, 1.165) is 31.6 Å². The molecule has 1 amide bonds. The molecule has 0 radical (unpaired) electrons. The second kappa shape index (κ2) is 6.80. The molecule has 7 heteroatoms. The number of amides is 1. The summed E-state index contributed by atoms with van der Waals surface area (Å²) in [6, 6.07) is 1.94. The second-order valence-electron chi connectivity index (χ2n) is 5.68. The summed E-state index contributed by atoms with van der Waals surface area (Å²) in [5, 5.41) is 0. The van der Waals surface area contributed by atoms with Gasteiger partial charge < -0.3 is 19.1 Å². The highest BCUT2D eigenvalue weighted by Crippen LogP contribution is 2.34. The first-order valence-electron chi connectivity index (χ1n) is 7.72. The monoisotopic (exact) mass is 327 g/mol. The van der Waals surface area contributed by atoms with Crippen LogP contribution in [0.25, 0.3) is 0 Å². The maximum Gasteiger partial charge on any atom is 0.256 e. The van der Waals surface area contributed by atoms with E-state index in [-0.39, 0.29) is 36.6 Å². The molecule has 2 atom stereocenters. The quantitative estimate of drug-likeness (QED) is 0.851. The zero-order chi connectivity index (χ0) is 16.4. The maximum atomic E-state index is 13.5. The number of rotatable bonds is 4. The van der Waals surface area contributed by atoms with Gasteiger partial charge in [-0.1, -0.05) is 0 Å². The van der Waals surface area contributed by atoms with Crippen molar-refractivity contribution >= 4 is 11.6 Å². The van der Waals surface area contributed by atoms with Crippen molar-refractivity contribution in [2.75, 3.05) is 31.3 Å². The third-order valence-electron chi connectivity index (χ3n) is 4.04. The predicted molar refractivity (Wildman–Crippen MR) is 78.6 cm³/mol. The van der Waals surface area contributed by atoms with Crippen LogP contribution >= 0.6 is 0 Å². The van der Waals surface area contributed by atoms with Crippen molar-refractivity contribution in [1.29, 1.82) is 0 Å². The van der Waals surface area contributed by atoms with Gasteiger partial charge in [0.1, 0.15) is 18.5 Å². The van der Waals surface area contributed by atoms with E-state index in [1.54, 1.807) is 6.92 Å². The van der Waals surface area contributed by atoms with Gasteiger partial charge in [0.2, 0.25) is 0 Å². The van der Waals surface area contributed by atoms with Crippen molar-refractivity contribution in [3.63, 3.8) is 0 Å². The first-order chi connectivity index (χ1) is 11.1. The van der Waals surface area contributed by atoms with E-state index in [9.17, 15) is 13.6 Å². The van der Waals surface area contributed by atoms with Gasteiger partial charge in [-0.2, -0.15) is 0 Å². The lowest BCUT2D eigenvalue weighted by atomic mass is 10.2. The van der Waals surface area contributed by atoms with E-state index < -0.39 is 17.7 Å². The number of halogens is 2. The molecule has 2 heterocycles. The Kier molecular flexibility index (Phi) is 4.77. The highest BCUT2D eigenvalue weighted by molar-refractivity contribution is 5.98. The molecule has 0 spiro atoms. The maximum absolute atomic E-state index is 13.5. The van der Waals surface area contributed by atoms with E-state index in [1.807, 2.05) is 0 Å². The van der Waals surface area contributed by atoms with Crippen LogP contribution in [0.5, 0.6) is 5.75 Å². The first-order valence-corrected chi connectivity index (χ1v) is 7.72. The summed E-state index contributed by atoms with van der Waals surface area (Å²) in [5.74, 6) is -2.16. The summed E-state index contributed by atoms with van der Waals surface area (Å²) in [6.07, 6.45) is 1.25. The third-order valence-corrected chi connectivity index (χ3v) is 4.04. The minimum atomic E-state index is -1.01. The topological polar surface area (TPSA) is 48.0 Å². The Balaban J connectivity index is 1.69. The number of carbonyl (C=O) groups excluding carboxylic acids is 1. The van der Waals surface area contributed by atoms with Gasteiger partial charge in [0.15, 0.2) is 11.6 Å². The molecule has 0 saturated carbocycles. The van der Waals surface area contributed by atoms with Gasteiger partial charge in [-0.25, -0.2) is 8.78 Å². The van der Waals surface area contributed by atoms with Crippen LogP contribution < -0.4 is 9.64 Å². The fourth-order valence-corrected chi connectivity index (χ4v) is 2.76. The number of carbonyl (C=O) groups is 1. The smallest absolute Gasteiger partial charge is 0.256 e. The first kappa shape index (κ1) is 16.1. The molecule has 23 heavy (non-hydrogen) atoms. The summed E-state index contributed by atoms with van der Waals surface area (Å²) < 4.78 is 43.1. The van der Waals surface area contributed by atoms with Gasteiger partial charge in [0.25, 0.3) is 5.91 Å². The van der Waals surface area contributed by atoms with Gasteiger partial charge >= 0.3 is 0 Å². The summed E-state index contributed by atoms with van der Waals surface area (Å²) in [6.45, 7) is 3.21. The number of ether oxygens (including phenoxy) is 3. The van der Waals surface area contributed by atoms with Crippen LogP contribution in [-0.2, 0) is 14.3 Å². The number of fused-ring (bicyclic) bond motifs is 1. The van der Waals surface area contributed by atoms with Crippen LogP contribution in [0, 0.1) is 11.6 Å². The molecule has 0 N–H and O–H groups in total. The highest BCUT2D eigenvalue weighted by Gasteiger charge is 2.30. The summed E-state index contributed by atoms with van der Waals surface area (Å²) in [5.41, 5.74) is 0.229. The van der Waals surface area contributed by atoms with Gasteiger partial charge in [-0.3, -0.25) is 4.79 Å². The van der Waals surface area contributed by atoms with E-state index in [2.05, 4.69) is 0 Å². The molecule has 5 nitrogen and oxygen atoms in total. The molecule has 2 aliphatic heterocycles. The number of nitrogens with zero attached hydrogens (tertiary/aromatic N) is 1. The van der Waals surface area contributed by atoms with Gasteiger partial charge in [-0.15, -0.1) is 0 Å². The van der Waals surface area contributed by atoms with Gasteiger partial charge in [0, 0.05) is 18.7 Å². The van der Waals surface area contributed by atoms with Crippen LogP contribution in [0.15, 0.2) is 12.1 Å². The summed E-state index contributed by atoms with van der Waals surface area (Å²) >= 11 is 0. The van der Waals surface area contributed by atoms with Crippen LogP contribution in [0.2, 0.25) is 0 Å². The van der Waals surface area contributed by atoms with Crippen LogP contribution in [0.3, 0.4) is 0 Å². The Bertz CT molecular complexity index is 590. The SMILES string of the molecule is CC(OCC1CCCO1)C(=O)N1CCOc2cc(F)c(F)cc21. The summed E-state index contributed by atoms with van der Waals surface area (Å²) in [7, 11) is 0. The molecule has 1 aromatic carbocycles. The molecule has 0 bridgehead atoms. The van der Waals surface area contributed by atoms with E-state index in [0.29, 0.717) is 6.61 Å². The number of hydrogen-bond donors (Lipinski definition) is 0. The fraction of sp³-hybridized carbons (Fsp3) is 0.562. The van der Waals surface area contributed by atoms with Crippen molar-refractivity contribution in [3.8, 4) is 5.75 Å². The molecule has 1 aromatic rings. The average Bonchev–Trinajstić information content (AvgIpc) is 3.06. The molecular weight excluding hydrogens is 308 g/mol. The molecule has 0 aromatic heterocycles. The largest absolute Gasteiger partial charge is 0.489 e. The molecule has 3 rings (SSSR count). The lowest BCUT2D eigenvalue weighted by Gasteiger charge is -2.31. The Hall–Kier alpha value is -1.73. The Labute approximate surface area is 133 Å². The van der Waals surface area contributed by atoms with Crippen molar-refractivity contribution in [2.24, 2.45) is 0 Å². The third kappa shape index (κ3) is 3.45. The lowest BCUT2D eigenvalue weighted by molar-refractivity contribution is -0.131. The normalized spacial score (nSPS) is 21.7. The van der Waals surface area contributed by atoms with Crippen molar-refractivity contribution in [1.82, 2.24) is 0 Å². The molecular formula is C16H19F2NO4. The predicted octanol–water partition coefficient (Wildman–Crippen LogP) is 2.27. The Morgan fingerprint density at radius 3 is 2.91 bits per heavy atom. The molecule has 1 fully saturated rings. The molecule has 1 saturated heterocycles. The van der Waals surface area contributed by atoms with Crippen molar-refractivity contribution < 1.29 is 27.8 Å². The van der Waals surface area contributed by atoms with Gasteiger partial charge in [-0.05, 0) is 19.8 Å². The standard InChI is InChI=1S/C16H19F2NO4/c1-10(23-9-11-3-2-5-21-11)16(20)19-4-6-22-15-8-13(18)12(17)7-14(15)19/h7-8,10-11H,2-6,9H2,1H3. The Morgan fingerprint density at radius 2 is 2.17 bits per heavy atom. The minimum absolute atomic E-state index is 0.0220. The minimum Gasteiger partial charge on any atom is -0.489 e. The zero-order valence-electron chi connectivity index (χ0n) is 12.9. The van der Waals surface area contributed by atoms with Crippen molar-refractivity contribution in [3.05, 3.63) is 23.8 Å². The van der Waals surface area contributed by atoms with Gasteiger partial charge in [0.05, 0.1) is 24.9 Å². The highest BCUT2D eigenvalue weighted by atomic mass is 19.2. The molecule has 2 unspecified atom stereocenters.